The van der Waals surface area contributed by atoms with Gasteiger partial charge < -0.3 is 4.74 Å². The highest BCUT2D eigenvalue weighted by molar-refractivity contribution is 6.47. The summed E-state index contributed by atoms with van der Waals surface area (Å²) in [6, 6.07) is 13.3. The Morgan fingerprint density at radius 1 is 1.13 bits per heavy atom. The average molecular weight is 484 g/mol. The van der Waals surface area contributed by atoms with E-state index in [2.05, 4.69) is 21.3 Å². The molecule has 1 atom stereocenters. The largest absolute Gasteiger partial charge is 0.450 e. The Bertz CT molecular complexity index is 1080. The summed E-state index contributed by atoms with van der Waals surface area (Å²) >= 11 is 18.6. The summed E-state index contributed by atoms with van der Waals surface area (Å²) in [5.41, 5.74) is 3.13. The number of imide groups is 1. The molecular weight excluding hydrogens is 470 g/mol. The molecule has 0 saturated heterocycles. The van der Waals surface area contributed by atoms with Crippen LogP contribution in [0.25, 0.3) is 0 Å². The van der Waals surface area contributed by atoms with Gasteiger partial charge in [0.25, 0.3) is 5.91 Å². The summed E-state index contributed by atoms with van der Waals surface area (Å²) < 4.78 is 4.57. The van der Waals surface area contributed by atoms with E-state index in [0.717, 1.165) is 0 Å². The third-order valence-electron chi connectivity index (χ3n) is 3.81. The Hall–Kier alpha value is -3.30. The van der Waals surface area contributed by atoms with Crippen LogP contribution in [0.1, 0.15) is 24.0 Å². The third-order valence-corrected chi connectivity index (χ3v) is 4.69. The van der Waals surface area contributed by atoms with Crippen LogP contribution < -0.4 is 10.7 Å². The number of hydrogen-bond acceptors (Lipinski definition) is 7. The van der Waals surface area contributed by atoms with Crippen LogP contribution in [-0.2, 0) is 9.53 Å². The normalized spacial score (nSPS) is 11.6. The molecule has 8 nitrogen and oxygen atoms in total. The number of hydrazone groups is 1. The summed E-state index contributed by atoms with van der Waals surface area (Å²) in [7, 11) is 0. The summed E-state index contributed by atoms with van der Waals surface area (Å²) in [6.07, 6.45) is -1.00. The van der Waals surface area contributed by atoms with Crippen LogP contribution in [0.3, 0.4) is 0 Å². The lowest BCUT2D eigenvalue weighted by Crippen LogP contribution is -2.36. The van der Waals surface area contributed by atoms with Gasteiger partial charge in [0.1, 0.15) is 6.07 Å². The van der Waals surface area contributed by atoms with Gasteiger partial charge >= 0.3 is 6.09 Å². The molecular formula is C20H14Cl3N5O3. The van der Waals surface area contributed by atoms with Crippen LogP contribution in [0.5, 0.6) is 0 Å². The summed E-state index contributed by atoms with van der Waals surface area (Å²) in [4.78, 5) is 23.2. The molecule has 1 unspecified atom stereocenters. The van der Waals surface area contributed by atoms with Crippen LogP contribution in [0, 0.1) is 22.7 Å². The molecule has 0 aromatic heterocycles. The maximum atomic E-state index is 11.9. The zero-order valence-corrected chi connectivity index (χ0v) is 18.2. The van der Waals surface area contributed by atoms with E-state index in [1.165, 1.54) is 12.1 Å². The van der Waals surface area contributed by atoms with Gasteiger partial charge in [-0.05, 0) is 36.8 Å². The molecule has 0 heterocycles. The molecule has 0 aliphatic carbocycles. The van der Waals surface area contributed by atoms with Crippen molar-refractivity contribution in [3.63, 3.8) is 0 Å². The second-order valence-electron chi connectivity index (χ2n) is 5.83. The maximum Gasteiger partial charge on any atom is 0.414 e. The van der Waals surface area contributed by atoms with E-state index in [1.807, 2.05) is 5.32 Å². The van der Waals surface area contributed by atoms with Gasteiger partial charge in [0, 0.05) is 20.6 Å². The van der Waals surface area contributed by atoms with Crippen molar-refractivity contribution in [2.75, 3.05) is 12.0 Å². The van der Waals surface area contributed by atoms with E-state index < -0.39 is 23.6 Å². The van der Waals surface area contributed by atoms with Crippen LogP contribution >= 0.6 is 34.8 Å². The Kier molecular flexibility index (Phi) is 8.65. The van der Waals surface area contributed by atoms with E-state index in [0.29, 0.717) is 16.1 Å². The Morgan fingerprint density at radius 3 is 2.26 bits per heavy atom. The second kappa shape index (κ2) is 11.2. The highest BCUT2D eigenvalue weighted by Crippen LogP contribution is 2.38. The zero-order valence-electron chi connectivity index (χ0n) is 15.9. The molecule has 2 rings (SSSR count). The number of alkyl carbamates (subject to hydrolysis) is 1. The van der Waals surface area contributed by atoms with Crippen molar-refractivity contribution >= 4 is 58.2 Å². The molecule has 11 heteroatoms. The molecule has 2 aromatic carbocycles. The maximum absolute atomic E-state index is 11.9. The fraction of sp³-hybridized carbons (Fsp3) is 0.150. The first-order chi connectivity index (χ1) is 14.8. The van der Waals surface area contributed by atoms with Crippen molar-refractivity contribution in [2.24, 2.45) is 5.10 Å². The molecule has 2 N–H and O–H groups in total. The van der Waals surface area contributed by atoms with Gasteiger partial charge in [-0.25, -0.2) is 4.79 Å². The molecule has 0 aliphatic heterocycles. The van der Waals surface area contributed by atoms with Crippen LogP contribution in [-0.4, -0.2) is 24.3 Å². The minimum atomic E-state index is -1.05. The lowest BCUT2D eigenvalue weighted by atomic mass is 9.92. The van der Waals surface area contributed by atoms with E-state index >= 15 is 0 Å². The van der Waals surface area contributed by atoms with Crippen molar-refractivity contribution in [1.82, 2.24) is 5.32 Å². The summed E-state index contributed by atoms with van der Waals surface area (Å²) in [5, 5.41) is 25.1. The average Bonchev–Trinajstić information content (AvgIpc) is 2.72. The smallest absolute Gasteiger partial charge is 0.414 e. The molecule has 0 aliphatic rings. The van der Waals surface area contributed by atoms with Gasteiger partial charge in [0.05, 0.1) is 24.3 Å². The van der Waals surface area contributed by atoms with Crippen LogP contribution in [0.4, 0.5) is 10.5 Å². The topological polar surface area (TPSA) is 127 Å². The lowest BCUT2D eigenvalue weighted by molar-refractivity contribution is -0.114. The van der Waals surface area contributed by atoms with Gasteiger partial charge in [-0.1, -0.05) is 46.9 Å². The SMILES string of the molecule is CCO[13C](=O)[15NH][13C](=O)/[13C](C#N)=[15N]/Nc1cc(Cl)c(C(C#N)c2ccc(Cl)cc2)c(Cl)c1. The minimum Gasteiger partial charge on any atom is -0.450 e. The molecule has 2 amide bonds. The first kappa shape index (κ1) is 24.0. The Balaban J connectivity index is 2.27. The number of nitriles is 2. The molecule has 0 radical (unpaired) electrons. The van der Waals surface area contributed by atoms with Gasteiger partial charge in [-0.2, -0.15) is 15.6 Å². The van der Waals surface area contributed by atoms with E-state index in [-0.39, 0.29) is 22.3 Å². The number of hydrogen-bond donors (Lipinski definition) is 2. The second-order valence-corrected chi connectivity index (χ2v) is 7.08. The van der Waals surface area contributed by atoms with Crippen molar-refractivity contribution in [3.8, 4) is 12.1 Å². The standard InChI is InChI=1S/C20H14Cl3N5O3/c1-2-31-20(30)26-19(29)17(10-25)28-27-13-7-15(22)18(16(23)8-13)14(9-24)11-3-5-12(21)6-4-11/h3-8,14,27H,2H2,1H3,(H,26,29,30)/b28-17+/i17+1,19+1,20+1,26+1,28+1. The van der Waals surface area contributed by atoms with Crippen LogP contribution in [0.2, 0.25) is 15.1 Å². The number of amides is 2. The molecule has 0 bridgehead atoms. The molecule has 0 spiro atoms. The van der Waals surface area contributed by atoms with E-state index in [1.54, 1.807) is 37.3 Å². The molecule has 158 valence electrons. The number of carbonyl (C=O) groups excluding carboxylic acids is 2. The van der Waals surface area contributed by atoms with Gasteiger partial charge in [0.15, 0.2) is 0 Å². The Morgan fingerprint density at radius 2 is 1.74 bits per heavy atom. The highest BCUT2D eigenvalue weighted by Gasteiger charge is 2.21. The summed E-state index contributed by atoms with van der Waals surface area (Å²) in [5.74, 6) is -1.80. The van der Waals surface area contributed by atoms with Gasteiger partial charge in [-0.15, -0.1) is 0 Å². The van der Waals surface area contributed by atoms with Crippen molar-refractivity contribution in [2.45, 2.75) is 12.8 Å². The quantitative estimate of drug-likeness (QED) is 0.261. The fourth-order valence-electron chi connectivity index (χ4n) is 2.45. The summed E-state index contributed by atoms with van der Waals surface area (Å²) in [6.45, 7) is 1.62. The number of ether oxygens (including phenoxy) is 1. The monoisotopic (exact) mass is 482 g/mol. The number of rotatable bonds is 6. The van der Waals surface area contributed by atoms with E-state index in [9.17, 15) is 14.9 Å². The van der Waals surface area contributed by atoms with Gasteiger partial charge in [-0.3, -0.25) is 15.5 Å². The first-order valence-corrected chi connectivity index (χ1v) is 9.80. The first-order valence-electron chi connectivity index (χ1n) is 8.66. The number of halogens is 3. The molecule has 0 saturated carbocycles. The number of carbonyl (C=O) groups is 2. The fourth-order valence-corrected chi connectivity index (χ4v) is 3.28. The van der Waals surface area contributed by atoms with Crippen LogP contribution in [0.15, 0.2) is 41.5 Å². The number of benzene rings is 2. The van der Waals surface area contributed by atoms with Crippen molar-refractivity contribution in [1.29, 1.82) is 10.5 Å². The molecule has 0 fully saturated rings. The number of anilines is 1. The predicted octanol–water partition coefficient (Wildman–Crippen LogP) is 4.87. The lowest BCUT2D eigenvalue weighted by Gasteiger charge is -2.15. The predicted molar refractivity (Wildman–Crippen MR) is 117 cm³/mol. The number of nitrogens with one attached hydrogen (secondary N) is 2. The Labute approximate surface area is 193 Å². The van der Waals surface area contributed by atoms with Crippen molar-refractivity contribution < 1.29 is 14.3 Å². The molecule has 2 aromatic rings. The number of nitrogens with zero attached hydrogens (tertiary/aromatic N) is 3. The molecule has 31 heavy (non-hydrogen) atoms. The third kappa shape index (κ3) is 6.34. The highest BCUT2D eigenvalue weighted by atomic mass is 35.5. The van der Waals surface area contributed by atoms with Crippen molar-refractivity contribution in [3.05, 3.63) is 62.6 Å². The zero-order chi connectivity index (χ0) is 23.0. The van der Waals surface area contributed by atoms with E-state index in [4.69, 9.17) is 40.1 Å². The minimum absolute atomic E-state index is 0.0550. The van der Waals surface area contributed by atoms with Gasteiger partial charge in [0.2, 0.25) is 5.71 Å².